The van der Waals surface area contributed by atoms with Crippen molar-refractivity contribution in [1.82, 2.24) is 15.0 Å². The van der Waals surface area contributed by atoms with Crippen molar-refractivity contribution in [2.75, 3.05) is 0 Å². The molecule has 0 aliphatic carbocycles. The van der Waals surface area contributed by atoms with Crippen LogP contribution in [-0.2, 0) is 0 Å². The van der Waals surface area contributed by atoms with Gasteiger partial charge >= 0.3 is 0 Å². The molecule has 0 atom stereocenters. The smallest absolute Gasteiger partial charge is 0.164 e. The average Bonchev–Trinajstić information content (AvgIpc) is 3.27. The summed E-state index contributed by atoms with van der Waals surface area (Å²) in [7, 11) is 0. The summed E-state index contributed by atoms with van der Waals surface area (Å²) < 4.78 is 0. The van der Waals surface area contributed by atoms with Crippen LogP contribution < -0.4 is 0 Å². The van der Waals surface area contributed by atoms with Crippen molar-refractivity contribution in [3.8, 4) is 56.4 Å². The van der Waals surface area contributed by atoms with Gasteiger partial charge in [0.25, 0.3) is 0 Å². The zero-order valence-electron chi connectivity index (χ0n) is 30.4. The Morgan fingerprint density at radius 3 is 0.929 bits per heavy atom. The van der Waals surface area contributed by atoms with Crippen LogP contribution in [0, 0.1) is 0 Å². The highest BCUT2D eigenvalue weighted by Crippen LogP contribution is 2.44. The minimum Gasteiger partial charge on any atom is -0.208 e. The Hall–Kier alpha value is -7.49. The van der Waals surface area contributed by atoms with Crippen LogP contribution in [0.4, 0.5) is 0 Å². The molecule has 10 aromatic carbocycles. The molecular weight excluding hydrogens is 679 g/mol. The van der Waals surface area contributed by atoms with Gasteiger partial charge in [-0.3, -0.25) is 0 Å². The Morgan fingerprint density at radius 2 is 0.500 bits per heavy atom. The van der Waals surface area contributed by atoms with Crippen molar-refractivity contribution in [1.29, 1.82) is 0 Å². The third-order valence-electron chi connectivity index (χ3n) is 11.1. The van der Waals surface area contributed by atoms with Crippen molar-refractivity contribution >= 4 is 53.9 Å². The van der Waals surface area contributed by atoms with Crippen LogP contribution in [0.3, 0.4) is 0 Å². The predicted molar refractivity (Wildman–Crippen MR) is 235 cm³/mol. The van der Waals surface area contributed by atoms with Crippen molar-refractivity contribution in [3.05, 3.63) is 200 Å². The molecule has 1 aromatic heterocycles. The lowest BCUT2D eigenvalue weighted by atomic mass is 9.85. The quantitative estimate of drug-likeness (QED) is 0.167. The van der Waals surface area contributed by atoms with E-state index in [1.54, 1.807) is 0 Å². The number of benzene rings is 10. The van der Waals surface area contributed by atoms with Crippen molar-refractivity contribution < 1.29 is 0 Å². The Morgan fingerprint density at radius 1 is 0.214 bits per heavy atom. The lowest BCUT2D eigenvalue weighted by Crippen LogP contribution is -2.00. The molecule has 0 bridgehead atoms. The SMILES string of the molecule is c1ccc2cc(-c3nc(-c4ccc(-c5c6ccccc6c(-c6ccc7ccccc7c6)c6ccccc56)cc4)nc(-c4ccc5ccccc5c4)n3)ccc2c1. The molecule has 11 rings (SSSR count). The molecule has 3 nitrogen and oxygen atoms in total. The van der Waals surface area contributed by atoms with Gasteiger partial charge in [-0.25, -0.2) is 15.0 Å². The largest absolute Gasteiger partial charge is 0.208 e. The molecule has 0 N–H and O–H groups in total. The molecule has 11 aromatic rings. The molecule has 0 spiro atoms. The van der Waals surface area contributed by atoms with Crippen molar-refractivity contribution in [2.24, 2.45) is 0 Å². The van der Waals surface area contributed by atoms with E-state index in [1.165, 1.54) is 59.8 Å². The van der Waals surface area contributed by atoms with Crippen LogP contribution >= 0.6 is 0 Å². The normalized spacial score (nSPS) is 11.6. The van der Waals surface area contributed by atoms with E-state index in [2.05, 4.69) is 200 Å². The summed E-state index contributed by atoms with van der Waals surface area (Å²) in [5.41, 5.74) is 7.68. The van der Waals surface area contributed by atoms with Crippen molar-refractivity contribution in [3.63, 3.8) is 0 Å². The van der Waals surface area contributed by atoms with Crippen LogP contribution in [0.5, 0.6) is 0 Å². The molecule has 0 radical (unpaired) electrons. The van der Waals surface area contributed by atoms with Crippen LogP contribution in [0.2, 0.25) is 0 Å². The molecule has 0 saturated heterocycles. The van der Waals surface area contributed by atoms with Gasteiger partial charge in [-0.2, -0.15) is 0 Å². The lowest BCUT2D eigenvalue weighted by molar-refractivity contribution is 1.08. The van der Waals surface area contributed by atoms with Gasteiger partial charge in [-0.1, -0.05) is 182 Å². The topological polar surface area (TPSA) is 38.7 Å². The van der Waals surface area contributed by atoms with Gasteiger partial charge in [0.2, 0.25) is 0 Å². The number of fused-ring (bicyclic) bond motifs is 5. The fourth-order valence-corrected chi connectivity index (χ4v) is 8.30. The molecule has 0 aliphatic heterocycles. The molecule has 0 saturated carbocycles. The fourth-order valence-electron chi connectivity index (χ4n) is 8.30. The lowest BCUT2D eigenvalue weighted by Gasteiger charge is -2.18. The van der Waals surface area contributed by atoms with Gasteiger partial charge in [-0.15, -0.1) is 0 Å². The van der Waals surface area contributed by atoms with Crippen LogP contribution in [-0.4, -0.2) is 15.0 Å². The molecule has 0 unspecified atom stereocenters. The summed E-state index contributed by atoms with van der Waals surface area (Å²) in [4.78, 5) is 15.3. The standard InChI is InChI=1S/C53H33N3/c1-4-14-39-31-42(28-21-34(39)11-1)50-47-19-9-7-17-45(47)49(46-18-8-10-20-48(46)50)37-24-26-38(27-25-37)51-54-52(43-29-22-35-12-2-5-15-40(35)32-43)56-53(55-51)44-30-23-36-13-3-6-16-41(36)33-44/h1-33H. The van der Waals surface area contributed by atoms with Gasteiger partial charge in [-0.05, 0) is 94.3 Å². The minimum absolute atomic E-state index is 0.638. The van der Waals surface area contributed by atoms with E-state index in [0.29, 0.717) is 17.5 Å². The van der Waals surface area contributed by atoms with E-state index in [9.17, 15) is 0 Å². The molecule has 1 heterocycles. The number of hydrogen-bond donors (Lipinski definition) is 0. The Labute approximate surface area is 324 Å². The molecular formula is C53H33N3. The molecule has 0 fully saturated rings. The van der Waals surface area contributed by atoms with Gasteiger partial charge in [0.15, 0.2) is 17.5 Å². The number of rotatable bonds is 5. The van der Waals surface area contributed by atoms with Crippen LogP contribution in [0.25, 0.3) is 110 Å². The average molecular weight is 712 g/mol. The van der Waals surface area contributed by atoms with Gasteiger partial charge in [0.05, 0.1) is 0 Å². The first-order valence-electron chi connectivity index (χ1n) is 19.0. The monoisotopic (exact) mass is 711 g/mol. The van der Waals surface area contributed by atoms with E-state index in [1.807, 2.05) is 0 Å². The third-order valence-corrected chi connectivity index (χ3v) is 11.1. The van der Waals surface area contributed by atoms with Gasteiger partial charge < -0.3 is 0 Å². The van der Waals surface area contributed by atoms with E-state index in [0.717, 1.165) is 33.0 Å². The Kier molecular flexibility index (Phi) is 7.49. The maximum Gasteiger partial charge on any atom is 0.164 e. The molecule has 0 aliphatic rings. The second-order valence-electron chi connectivity index (χ2n) is 14.4. The molecule has 3 heteroatoms. The van der Waals surface area contributed by atoms with Crippen LogP contribution in [0.15, 0.2) is 200 Å². The summed E-state index contributed by atoms with van der Waals surface area (Å²) in [5.74, 6) is 1.93. The maximum absolute atomic E-state index is 5.12. The predicted octanol–water partition coefficient (Wildman–Crippen LogP) is 14.0. The highest BCUT2D eigenvalue weighted by molar-refractivity contribution is 6.21. The fraction of sp³-hybridized carbons (Fsp3) is 0. The summed E-state index contributed by atoms with van der Waals surface area (Å²) in [6, 6.07) is 71.4. The second-order valence-corrected chi connectivity index (χ2v) is 14.4. The number of hydrogen-bond acceptors (Lipinski definition) is 3. The first kappa shape index (κ1) is 32.0. The van der Waals surface area contributed by atoms with Crippen molar-refractivity contribution in [2.45, 2.75) is 0 Å². The van der Waals surface area contributed by atoms with E-state index in [-0.39, 0.29) is 0 Å². The molecule has 0 amide bonds. The zero-order valence-corrected chi connectivity index (χ0v) is 30.4. The maximum atomic E-state index is 5.12. The van der Waals surface area contributed by atoms with Gasteiger partial charge in [0, 0.05) is 16.7 Å². The Bertz CT molecular complexity index is 3160. The Balaban J connectivity index is 1.07. The summed E-state index contributed by atoms with van der Waals surface area (Å²) >= 11 is 0. The first-order chi connectivity index (χ1) is 27.7. The van der Waals surface area contributed by atoms with Gasteiger partial charge in [0.1, 0.15) is 0 Å². The van der Waals surface area contributed by atoms with E-state index >= 15 is 0 Å². The summed E-state index contributed by atoms with van der Waals surface area (Å²) in [6.45, 7) is 0. The zero-order chi connectivity index (χ0) is 37.0. The minimum atomic E-state index is 0.638. The number of nitrogens with zero attached hydrogens (tertiary/aromatic N) is 3. The number of aromatic nitrogens is 3. The highest BCUT2D eigenvalue weighted by Gasteiger charge is 2.18. The summed E-state index contributed by atoms with van der Waals surface area (Å²) in [6.07, 6.45) is 0. The molecule has 56 heavy (non-hydrogen) atoms. The summed E-state index contributed by atoms with van der Waals surface area (Å²) in [5, 5.41) is 12.1. The van der Waals surface area contributed by atoms with Crippen LogP contribution in [0.1, 0.15) is 0 Å². The third kappa shape index (κ3) is 5.49. The molecule has 260 valence electrons. The van der Waals surface area contributed by atoms with E-state index in [4.69, 9.17) is 15.0 Å². The second kappa shape index (κ2) is 13.1. The highest BCUT2D eigenvalue weighted by atomic mass is 15.0. The van der Waals surface area contributed by atoms with E-state index < -0.39 is 0 Å². The first-order valence-corrected chi connectivity index (χ1v) is 19.0.